The molecule has 0 aliphatic carbocycles. The number of carbonyl (C=O) groups is 1. The van der Waals surface area contributed by atoms with Crippen LogP contribution in [-0.2, 0) is 11.3 Å². The summed E-state index contributed by atoms with van der Waals surface area (Å²) in [7, 11) is 0. The Morgan fingerprint density at radius 1 is 1.23 bits per heavy atom. The second-order valence-electron chi connectivity index (χ2n) is 5.82. The second kappa shape index (κ2) is 7.14. The van der Waals surface area contributed by atoms with Crippen molar-refractivity contribution in [3.8, 4) is 0 Å². The molecule has 0 aliphatic heterocycles. The van der Waals surface area contributed by atoms with Crippen LogP contribution in [0.5, 0.6) is 0 Å². The van der Waals surface area contributed by atoms with Gasteiger partial charge in [0, 0.05) is 30.8 Å². The lowest BCUT2D eigenvalue weighted by Crippen LogP contribution is -2.23. The standard InChI is InChI=1S/C18H16N4O4/c1-12-3-2-4-15-17(12)19-11-21(18(15)24)10-9-16(23)20-13-5-7-14(8-6-13)22(25)26/h2-8,11H,9-10H2,1H3,(H,20,23). The molecule has 26 heavy (non-hydrogen) atoms. The molecule has 0 bridgehead atoms. The Kier molecular flexibility index (Phi) is 4.74. The monoisotopic (exact) mass is 352 g/mol. The van der Waals surface area contributed by atoms with E-state index in [9.17, 15) is 19.7 Å². The van der Waals surface area contributed by atoms with Gasteiger partial charge in [-0.05, 0) is 30.7 Å². The van der Waals surface area contributed by atoms with Crippen molar-refractivity contribution >= 4 is 28.2 Å². The van der Waals surface area contributed by atoms with Crippen molar-refractivity contribution in [2.45, 2.75) is 19.9 Å². The molecule has 0 aliphatic rings. The van der Waals surface area contributed by atoms with Gasteiger partial charge in [0.25, 0.3) is 11.2 Å². The Morgan fingerprint density at radius 2 is 1.96 bits per heavy atom. The number of carbonyl (C=O) groups excluding carboxylic acids is 1. The smallest absolute Gasteiger partial charge is 0.269 e. The number of anilines is 1. The average Bonchev–Trinajstić information content (AvgIpc) is 2.62. The van der Waals surface area contributed by atoms with Crippen molar-refractivity contribution in [1.82, 2.24) is 9.55 Å². The zero-order valence-corrected chi connectivity index (χ0v) is 14.0. The summed E-state index contributed by atoms with van der Waals surface area (Å²) in [5.74, 6) is -0.296. The third-order valence-electron chi connectivity index (χ3n) is 4.00. The topological polar surface area (TPSA) is 107 Å². The molecule has 8 heteroatoms. The van der Waals surface area contributed by atoms with Crippen LogP contribution >= 0.6 is 0 Å². The van der Waals surface area contributed by atoms with Crippen molar-refractivity contribution in [1.29, 1.82) is 0 Å². The zero-order chi connectivity index (χ0) is 18.7. The summed E-state index contributed by atoms with van der Waals surface area (Å²) < 4.78 is 1.40. The number of fused-ring (bicyclic) bond motifs is 1. The predicted octanol–water partition coefficient (Wildman–Crippen LogP) is 2.64. The molecule has 3 rings (SSSR count). The predicted molar refractivity (Wildman–Crippen MR) is 97.1 cm³/mol. The van der Waals surface area contributed by atoms with Gasteiger partial charge in [-0.25, -0.2) is 4.98 Å². The van der Waals surface area contributed by atoms with Gasteiger partial charge < -0.3 is 5.32 Å². The molecule has 1 amide bonds. The minimum Gasteiger partial charge on any atom is -0.326 e. The molecule has 132 valence electrons. The van der Waals surface area contributed by atoms with Crippen LogP contribution in [0.4, 0.5) is 11.4 Å². The third-order valence-corrected chi connectivity index (χ3v) is 4.00. The average molecular weight is 352 g/mol. The summed E-state index contributed by atoms with van der Waals surface area (Å²) in [6, 6.07) is 10.9. The van der Waals surface area contributed by atoms with Gasteiger partial charge in [0.15, 0.2) is 0 Å². The summed E-state index contributed by atoms with van der Waals surface area (Å²) in [6.45, 7) is 2.07. The van der Waals surface area contributed by atoms with Crippen LogP contribution in [0.15, 0.2) is 53.6 Å². The summed E-state index contributed by atoms with van der Waals surface area (Å²) in [4.78, 5) is 38.9. The van der Waals surface area contributed by atoms with Gasteiger partial charge >= 0.3 is 0 Å². The summed E-state index contributed by atoms with van der Waals surface area (Å²) in [5.41, 5.74) is 1.79. The zero-order valence-electron chi connectivity index (χ0n) is 14.0. The molecule has 3 aromatic rings. The number of nitrogens with zero attached hydrogens (tertiary/aromatic N) is 3. The first-order chi connectivity index (χ1) is 12.5. The first-order valence-electron chi connectivity index (χ1n) is 7.95. The summed E-state index contributed by atoms with van der Waals surface area (Å²) in [5, 5.41) is 13.8. The molecule has 0 saturated carbocycles. The van der Waals surface area contributed by atoms with Crippen molar-refractivity contribution in [2.75, 3.05) is 5.32 Å². The van der Waals surface area contributed by atoms with E-state index in [0.717, 1.165) is 5.56 Å². The molecule has 0 unspecified atom stereocenters. The van der Waals surface area contributed by atoms with E-state index in [1.165, 1.54) is 35.2 Å². The molecule has 2 aromatic carbocycles. The first-order valence-corrected chi connectivity index (χ1v) is 7.95. The fourth-order valence-electron chi connectivity index (χ4n) is 2.61. The third kappa shape index (κ3) is 3.59. The van der Waals surface area contributed by atoms with E-state index in [2.05, 4.69) is 10.3 Å². The highest BCUT2D eigenvalue weighted by Crippen LogP contribution is 2.15. The van der Waals surface area contributed by atoms with E-state index < -0.39 is 4.92 Å². The van der Waals surface area contributed by atoms with Crippen LogP contribution in [0, 0.1) is 17.0 Å². The van der Waals surface area contributed by atoms with Crippen molar-refractivity contribution in [2.24, 2.45) is 0 Å². The maximum Gasteiger partial charge on any atom is 0.269 e. The molecule has 0 spiro atoms. The SMILES string of the molecule is Cc1cccc2c(=O)n(CCC(=O)Nc3ccc([N+](=O)[O-])cc3)cnc12. The van der Waals surface area contributed by atoms with Crippen molar-refractivity contribution in [3.05, 3.63) is 74.8 Å². The number of amides is 1. The van der Waals surface area contributed by atoms with Crippen LogP contribution in [0.1, 0.15) is 12.0 Å². The van der Waals surface area contributed by atoms with Gasteiger partial charge in [0.1, 0.15) is 0 Å². The highest BCUT2D eigenvalue weighted by Gasteiger charge is 2.09. The maximum absolute atomic E-state index is 12.5. The second-order valence-corrected chi connectivity index (χ2v) is 5.82. The summed E-state index contributed by atoms with van der Waals surface area (Å²) >= 11 is 0. The number of hydrogen-bond acceptors (Lipinski definition) is 5. The minimum atomic E-state index is -0.507. The number of hydrogen-bond donors (Lipinski definition) is 1. The van der Waals surface area contributed by atoms with Gasteiger partial charge in [-0.1, -0.05) is 12.1 Å². The van der Waals surface area contributed by atoms with Crippen molar-refractivity contribution < 1.29 is 9.72 Å². The lowest BCUT2D eigenvalue weighted by Gasteiger charge is -2.08. The molecular formula is C18H16N4O4. The molecule has 0 fully saturated rings. The van der Waals surface area contributed by atoms with Gasteiger partial charge in [-0.2, -0.15) is 0 Å². The normalized spacial score (nSPS) is 10.7. The Labute approximate surface area is 148 Å². The van der Waals surface area contributed by atoms with Gasteiger partial charge in [0.2, 0.25) is 5.91 Å². The van der Waals surface area contributed by atoms with Crippen LogP contribution in [0.2, 0.25) is 0 Å². The number of aryl methyl sites for hydroxylation is 2. The largest absolute Gasteiger partial charge is 0.326 e. The number of para-hydroxylation sites is 1. The fraction of sp³-hybridized carbons (Fsp3) is 0.167. The Balaban J connectivity index is 1.68. The summed E-state index contributed by atoms with van der Waals surface area (Å²) in [6.07, 6.45) is 1.52. The number of nitro groups is 1. The molecule has 8 nitrogen and oxygen atoms in total. The van der Waals surface area contributed by atoms with E-state index in [4.69, 9.17) is 0 Å². The molecule has 0 atom stereocenters. The van der Waals surface area contributed by atoms with Crippen LogP contribution < -0.4 is 10.9 Å². The van der Waals surface area contributed by atoms with Gasteiger partial charge in [-0.15, -0.1) is 0 Å². The molecule has 0 saturated heterocycles. The van der Waals surface area contributed by atoms with E-state index in [0.29, 0.717) is 16.6 Å². The number of aromatic nitrogens is 2. The first kappa shape index (κ1) is 17.3. The van der Waals surface area contributed by atoms with Crippen LogP contribution in [0.25, 0.3) is 10.9 Å². The number of nitro benzene ring substituents is 1. The molecular weight excluding hydrogens is 336 g/mol. The minimum absolute atomic E-state index is 0.0490. The van der Waals surface area contributed by atoms with Crippen LogP contribution in [0.3, 0.4) is 0 Å². The van der Waals surface area contributed by atoms with Gasteiger partial charge in [0.05, 0.1) is 22.2 Å². The Bertz CT molecular complexity index is 1040. The molecule has 1 heterocycles. The van der Waals surface area contributed by atoms with E-state index in [-0.39, 0.29) is 30.1 Å². The number of rotatable bonds is 5. The molecule has 1 N–H and O–H groups in total. The quantitative estimate of drug-likeness (QED) is 0.561. The van der Waals surface area contributed by atoms with E-state index in [1.807, 2.05) is 13.0 Å². The van der Waals surface area contributed by atoms with E-state index >= 15 is 0 Å². The lowest BCUT2D eigenvalue weighted by atomic mass is 10.1. The Morgan fingerprint density at radius 3 is 2.65 bits per heavy atom. The van der Waals surface area contributed by atoms with E-state index in [1.54, 1.807) is 12.1 Å². The highest BCUT2D eigenvalue weighted by molar-refractivity contribution is 5.90. The Hall–Kier alpha value is -3.55. The molecule has 0 radical (unpaired) electrons. The van der Waals surface area contributed by atoms with Crippen LogP contribution in [-0.4, -0.2) is 20.4 Å². The molecule has 1 aromatic heterocycles. The highest BCUT2D eigenvalue weighted by atomic mass is 16.6. The van der Waals surface area contributed by atoms with Gasteiger partial charge in [-0.3, -0.25) is 24.3 Å². The van der Waals surface area contributed by atoms with Crippen molar-refractivity contribution in [3.63, 3.8) is 0 Å². The fourth-order valence-corrected chi connectivity index (χ4v) is 2.61. The maximum atomic E-state index is 12.5. The number of non-ortho nitro benzene ring substituents is 1. The lowest BCUT2D eigenvalue weighted by molar-refractivity contribution is -0.384. The number of nitrogens with one attached hydrogen (secondary N) is 1. The number of benzene rings is 2.